The third kappa shape index (κ3) is 3.46. The SMILES string of the molecule is O=C(O)/C(=C/c1ccccc1[N+](=O)[O-])c1cccc(Cl)c1. The first-order chi connectivity index (χ1) is 9.99. The third-order valence-corrected chi connectivity index (χ3v) is 3.03. The van der Waals surface area contributed by atoms with Crippen LogP contribution in [0.4, 0.5) is 5.69 Å². The highest BCUT2D eigenvalue weighted by Crippen LogP contribution is 2.26. The summed E-state index contributed by atoms with van der Waals surface area (Å²) in [4.78, 5) is 21.8. The number of rotatable bonds is 4. The summed E-state index contributed by atoms with van der Waals surface area (Å²) in [6.07, 6.45) is 1.27. The van der Waals surface area contributed by atoms with Crippen molar-refractivity contribution in [1.82, 2.24) is 0 Å². The first-order valence-electron chi connectivity index (χ1n) is 5.93. The number of carboxylic acids is 1. The Kier molecular flexibility index (Phi) is 4.35. The molecule has 2 rings (SSSR count). The number of hydrogen-bond acceptors (Lipinski definition) is 3. The lowest BCUT2D eigenvalue weighted by Crippen LogP contribution is -2.00. The summed E-state index contributed by atoms with van der Waals surface area (Å²) in [7, 11) is 0. The van der Waals surface area contributed by atoms with Gasteiger partial charge in [0.05, 0.1) is 16.1 Å². The number of halogens is 1. The number of carbonyl (C=O) groups is 1. The highest BCUT2D eigenvalue weighted by Gasteiger charge is 2.15. The smallest absolute Gasteiger partial charge is 0.336 e. The number of hydrogen-bond donors (Lipinski definition) is 1. The van der Waals surface area contributed by atoms with E-state index >= 15 is 0 Å². The molecule has 0 aromatic heterocycles. The molecule has 0 aliphatic rings. The van der Waals surface area contributed by atoms with Gasteiger partial charge in [-0.2, -0.15) is 0 Å². The molecule has 0 saturated carbocycles. The van der Waals surface area contributed by atoms with Gasteiger partial charge in [0.1, 0.15) is 0 Å². The molecule has 0 heterocycles. The van der Waals surface area contributed by atoms with Gasteiger partial charge < -0.3 is 5.11 Å². The molecule has 0 radical (unpaired) electrons. The van der Waals surface area contributed by atoms with Gasteiger partial charge in [-0.05, 0) is 29.8 Å². The highest BCUT2D eigenvalue weighted by molar-refractivity contribution is 6.31. The zero-order valence-electron chi connectivity index (χ0n) is 10.7. The Morgan fingerprint density at radius 2 is 1.90 bits per heavy atom. The largest absolute Gasteiger partial charge is 0.478 e. The van der Waals surface area contributed by atoms with Crippen LogP contribution in [0.3, 0.4) is 0 Å². The number of benzene rings is 2. The Hall–Kier alpha value is -2.66. The van der Waals surface area contributed by atoms with Crippen LogP contribution in [-0.2, 0) is 4.79 Å². The number of nitro groups is 1. The van der Waals surface area contributed by atoms with E-state index in [0.717, 1.165) is 0 Å². The number of nitrogens with zero attached hydrogens (tertiary/aromatic N) is 1. The Bertz CT molecular complexity index is 740. The number of para-hydroxylation sites is 1. The molecule has 0 bridgehead atoms. The summed E-state index contributed by atoms with van der Waals surface area (Å²) in [6, 6.07) is 12.3. The first kappa shape index (κ1) is 14.7. The van der Waals surface area contributed by atoms with Gasteiger partial charge in [0.15, 0.2) is 0 Å². The summed E-state index contributed by atoms with van der Waals surface area (Å²) in [6.45, 7) is 0. The molecule has 0 amide bonds. The minimum Gasteiger partial charge on any atom is -0.478 e. The molecule has 0 atom stereocenters. The van der Waals surface area contributed by atoms with E-state index in [1.807, 2.05) is 0 Å². The predicted molar refractivity (Wildman–Crippen MR) is 80.1 cm³/mol. The molecule has 0 fully saturated rings. The monoisotopic (exact) mass is 303 g/mol. The number of nitro benzene ring substituents is 1. The van der Waals surface area contributed by atoms with Crippen molar-refractivity contribution in [2.75, 3.05) is 0 Å². The molecule has 0 aliphatic heterocycles. The van der Waals surface area contributed by atoms with Crippen molar-refractivity contribution in [2.45, 2.75) is 0 Å². The summed E-state index contributed by atoms with van der Waals surface area (Å²) in [5.74, 6) is -1.18. The van der Waals surface area contributed by atoms with Crippen LogP contribution >= 0.6 is 11.6 Å². The lowest BCUT2D eigenvalue weighted by atomic mass is 10.0. The van der Waals surface area contributed by atoms with Gasteiger partial charge in [0.25, 0.3) is 5.69 Å². The van der Waals surface area contributed by atoms with E-state index < -0.39 is 10.9 Å². The topological polar surface area (TPSA) is 80.4 Å². The lowest BCUT2D eigenvalue weighted by Gasteiger charge is -2.04. The van der Waals surface area contributed by atoms with E-state index in [0.29, 0.717) is 10.6 Å². The highest BCUT2D eigenvalue weighted by atomic mass is 35.5. The van der Waals surface area contributed by atoms with E-state index in [2.05, 4.69) is 0 Å². The van der Waals surface area contributed by atoms with Crippen LogP contribution in [-0.4, -0.2) is 16.0 Å². The van der Waals surface area contributed by atoms with Crippen molar-refractivity contribution in [3.63, 3.8) is 0 Å². The van der Waals surface area contributed by atoms with E-state index in [1.54, 1.807) is 24.3 Å². The first-order valence-corrected chi connectivity index (χ1v) is 6.31. The summed E-state index contributed by atoms with van der Waals surface area (Å²) < 4.78 is 0. The number of aliphatic carboxylic acids is 1. The van der Waals surface area contributed by atoms with Gasteiger partial charge in [-0.15, -0.1) is 0 Å². The molecule has 2 aromatic carbocycles. The molecule has 1 N–H and O–H groups in total. The van der Waals surface area contributed by atoms with Crippen molar-refractivity contribution < 1.29 is 14.8 Å². The molecular weight excluding hydrogens is 294 g/mol. The second-order valence-corrected chi connectivity index (χ2v) is 4.63. The average Bonchev–Trinajstić information content (AvgIpc) is 2.44. The summed E-state index contributed by atoms with van der Waals surface area (Å²) >= 11 is 5.85. The fraction of sp³-hybridized carbons (Fsp3) is 0. The second-order valence-electron chi connectivity index (χ2n) is 4.19. The zero-order chi connectivity index (χ0) is 15.4. The van der Waals surface area contributed by atoms with Crippen LogP contribution in [0.25, 0.3) is 11.6 Å². The molecule has 0 saturated heterocycles. The van der Waals surface area contributed by atoms with Gasteiger partial charge in [-0.1, -0.05) is 35.9 Å². The molecule has 6 heteroatoms. The zero-order valence-corrected chi connectivity index (χ0v) is 11.4. The van der Waals surface area contributed by atoms with Crippen molar-refractivity contribution in [3.05, 3.63) is 74.8 Å². The summed E-state index contributed by atoms with van der Waals surface area (Å²) in [5, 5.41) is 20.7. The Labute approximate surface area is 125 Å². The van der Waals surface area contributed by atoms with E-state index in [1.165, 1.54) is 30.3 Å². The van der Waals surface area contributed by atoms with Crippen LogP contribution in [0.2, 0.25) is 5.02 Å². The van der Waals surface area contributed by atoms with Gasteiger partial charge in [-0.3, -0.25) is 10.1 Å². The number of carboxylic acid groups (broad SMARTS) is 1. The van der Waals surface area contributed by atoms with E-state index in [-0.39, 0.29) is 16.8 Å². The third-order valence-electron chi connectivity index (χ3n) is 2.80. The summed E-state index contributed by atoms with van der Waals surface area (Å²) in [5.41, 5.74) is 0.387. The van der Waals surface area contributed by atoms with Gasteiger partial charge >= 0.3 is 5.97 Å². The predicted octanol–water partition coefficient (Wildman–Crippen LogP) is 3.87. The Morgan fingerprint density at radius 1 is 1.19 bits per heavy atom. The van der Waals surface area contributed by atoms with Crippen LogP contribution < -0.4 is 0 Å². The second kappa shape index (κ2) is 6.19. The van der Waals surface area contributed by atoms with Crippen molar-refractivity contribution in [3.8, 4) is 0 Å². The van der Waals surface area contributed by atoms with Crippen LogP contribution in [0.1, 0.15) is 11.1 Å². The maximum atomic E-state index is 11.4. The normalized spacial score (nSPS) is 11.2. The fourth-order valence-electron chi connectivity index (χ4n) is 1.86. The van der Waals surface area contributed by atoms with Crippen molar-refractivity contribution in [2.24, 2.45) is 0 Å². The minimum absolute atomic E-state index is 0.0631. The molecule has 2 aromatic rings. The average molecular weight is 304 g/mol. The van der Waals surface area contributed by atoms with Crippen molar-refractivity contribution in [1.29, 1.82) is 0 Å². The Morgan fingerprint density at radius 3 is 2.52 bits per heavy atom. The quantitative estimate of drug-likeness (QED) is 0.402. The minimum atomic E-state index is -1.18. The van der Waals surface area contributed by atoms with Gasteiger partial charge in [0, 0.05) is 11.1 Å². The van der Waals surface area contributed by atoms with E-state index in [4.69, 9.17) is 11.6 Å². The van der Waals surface area contributed by atoms with Crippen LogP contribution in [0.5, 0.6) is 0 Å². The lowest BCUT2D eigenvalue weighted by molar-refractivity contribution is -0.385. The molecule has 0 spiro atoms. The van der Waals surface area contributed by atoms with Crippen LogP contribution in [0.15, 0.2) is 48.5 Å². The maximum absolute atomic E-state index is 11.4. The van der Waals surface area contributed by atoms with Gasteiger partial charge in [-0.25, -0.2) is 4.79 Å². The molecule has 21 heavy (non-hydrogen) atoms. The fourth-order valence-corrected chi connectivity index (χ4v) is 2.05. The Balaban J connectivity index is 2.59. The molecule has 5 nitrogen and oxygen atoms in total. The molecule has 0 aliphatic carbocycles. The van der Waals surface area contributed by atoms with Crippen LogP contribution in [0, 0.1) is 10.1 Å². The van der Waals surface area contributed by atoms with Crippen molar-refractivity contribution >= 4 is 34.9 Å². The molecule has 0 unspecified atom stereocenters. The van der Waals surface area contributed by atoms with Gasteiger partial charge in [0.2, 0.25) is 0 Å². The van der Waals surface area contributed by atoms with E-state index in [9.17, 15) is 20.0 Å². The standard InChI is InChI=1S/C15H10ClNO4/c16-12-6-3-5-10(8-12)13(15(18)19)9-11-4-1-2-7-14(11)17(20)21/h1-9H,(H,18,19)/b13-9+. The maximum Gasteiger partial charge on any atom is 0.336 e. The molecular formula is C15H10ClNO4. The molecule has 106 valence electrons.